The second kappa shape index (κ2) is 5.42. The molecule has 0 fully saturated rings. The number of aryl methyl sites for hydroxylation is 1. The number of rotatable bonds is 4. The molecule has 3 nitrogen and oxygen atoms in total. The minimum absolute atomic E-state index is 0.230. The summed E-state index contributed by atoms with van der Waals surface area (Å²) in [6.07, 6.45) is 0. The van der Waals surface area contributed by atoms with Crippen molar-refractivity contribution >= 4 is 34.6 Å². The zero-order chi connectivity index (χ0) is 13.1. The van der Waals surface area contributed by atoms with Crippen LogP contribution in [0, 0.1) is 6.92 Å². The quantitative estimate of drug-likeness (QED) is 0.890. The fourth-order valence-corrected chi connectivity index (χ4v) is 2.63. The van der Waals surface area contributed by atoms with Gasteiger partial charge in [-0.15, -0.1) is 11.3 Å². The van der Waals surface area contributed by atoms with E-state index < -0.39 is 5.97 Å². The van der Waals surface area contributed by atoms with E-state index in [1.54, 1.807) is 23.5 Å². The van der Waals surface area contributed by atoms with Crippen LogP contribution in [0.2, 0.25) is 5.02 Å². The van der Waals surface area contributed by atoms with Crippen molar-refractivity contribution < 1.29 is 9.90 Å². The van der Waals surface area contributed by atoms with Crippen LogP contribution in [0.1, 0.15) is 20.8 Å². The van der Waals surface area contributed by atoms with Crippen molar-refractivity contribution in [2.75, 3.05) is 5.32 Å². The van der Waals surface area contributed by atoms with E-state index in [0.29, 0.717) is 17.3 Å². The van der Waals surface area contributed by atoms with E-state index in [1.807, 2.05) is 18.4 Å². The van der Waals surface area contributed by atoms with Gasteiger partial charge in [0.15, 0.2) is 0 Å². The molecule has 5 heteroatoms. The molecule has 0 aliphatic heterocycles. The number of carbonyl (C=O) groups is 1. The molecule has 0 saturated heterocycles. The summed E-state index contributed by atoms with van der Waals surface area (Å²) in [6.45, 7) is 2.63. The van der Waals surface area contributed by atoms with Gasteiger partial charge in [-0.1, -0.05) is 11.6 Å². The molecule has 0 amide bonds. The van der Waals surface area contributed by atoms with Crippen LogP contribution in [-0.4, -0.2) is 11.1 Å². The number of thiophene rings is 1. The van der Waals surface area contributed by atoms with E-state index in [2.05, 4.69) is 5.32 Å². The summed E-state index contributed by atoms with van der Waals surface area (Å²) in [6, 6.07) is 6.76. The van der Waals surface area contributed by atoms with Crippen molar-refractivity contribution in [2.45, 2.75) is 13.5 Å². The molecule has 94 valence electrons. The molecule has 0 spiro atoms. The Hall–Kier alpha value is -1.52. The summed E-state index contributed by atoms with van der Waals surface area (Å²) in [4.78, 5) is 12.3. The van der Waals surface area contributed by atoms with E-state index in [-0.39, 0.29) is 5.56 Å². The number of anilines is 1. The minimum Gasteiger partial charge on any atom is -0.478 e. The van der Waals surface area contributed by atoms with Crippen LogP contribution in [0.3, 0.4) is 0 Å². The molecule has 1 aromatic carbocycles. The van der Waals surface area contributed by atoms with E-state index in [1.165, 1.54) is 16.5 Å². The molecule has 1 aromatic heterocycles. The molecular weight excluding hydrogens is 270 g/mol. The number of aromatic carboxylic acids is 1. The van der Waals surface area contributed by atoms with Gasteiger partial charge in [0.2, 0.25) is 0 Å². The third kappa shape index (κ3) is 2.83. The van der Waals surface area contributed by atoms with Gasteiger partial charge in [-0.25, -0.2) is 4.79 Å². The van der Waals surface area contributed by atoms with Crippen molar-refractivity contribution in [3.63, 3.8) is 0 Å². The topological polar surface area (TPSA) is 49.3 Å². The molecule has 2 N–H and O–H groups in total. The zero-order valence-electron chi connectivity index (χ0n) is 9.74. The first-order valence-electron chi connectivity index (χ1n) is 5.37. The Morgan fingerprint density at radius 3 is 2.83 bits per heavy atom. The van der Waals surface area contributed by atoms with Crippen molar-refractivity contribution in [3.05, 3.63) is 50.7 Å². The first-order chi connectivity index (χ1) is 8.58. The first kappa shape index (κ1) is 12.9. The van der Waals surface area contributed by atoms with E-state index in [4.69, 9.17) is 16.7 Å². The molecule has 0 atom stereocenters. The second-order valence-corrected chi connectivity index (χ2v) is 5.31. The fraction of sp³-hybridized carbons (Fsp3) is 0.154. The van der Waals surface area contributed by atoms with E-state index in [9.17, 15) is 4.79 Å². The van der Waals surface area contributed by atoms with Crippen LogP contribution in [0.15, 0.2) is 29.6 Å². The Labute approximate surface area is 114 Å². The average Bonchev–Trinajstić information content (AvgIpc) is 2.72. The molecule has 0 bridgehead atoms. The minimum atomic E-state index is -0.961. The van der Waals surface area contributed by atoms with Crippen molar-refractivity contribution in [1.29, 1.82) is 0 Å². The number of carboxylic acid groups (broad SMARTS) is 1. The van der Waals surface area contributed by atoms with Crippen LogP contribution >= 0.6 is 22.9 Å². The summed E-state index contributed by atoms with van der Waals surface area (Å²) >= 11 is 7.53. The molecule has 2 rings (SSSR count). The van der Waals surface area contributed by atoms with Crippen LogP contribution in [0.4, 0.5) is 5.69 Å². The molecule has 2 aromatic rings. The second-order valence-electron chi connectivity index (χ2n) is 3.88. The van der Waals surface area contributed by atoms with Crippen LogP contribution in [0.25, 0.3) is 0 Å². The lowest BCUT2D eigenvalue weighted by atomic mass is 10.1. The third-order valence-corrected chi connectivity index (χ3v) is 3.88. The normalized spacial score (nSPS) is 10.3. The van der Waals surface area contributed by atoms with E-state index in [0.717, 1.165) is 0 Å². The lowest BCUT2D eigenvalue weighted by molar-refractivity contribution is 0.0698. The van der Waals surface area contributed by atoms with Gasteiger partial charge in [0, 0.05) is 16.4 Å². The van der Waals surface area contributed by atoms with Crippen LogP contribution < -0.4 is 5.32 Å². The highest BCUT2D eigenvalue weighted by molar-refractivity contribution is 7.10. The number of benzene rings is 1. The summed E-state index contributed by atoms with van der Waals surface area (Å²) in [7, 11) is 0. The summed E-state index contributed by atoms with van der Waals surface area (Å²) in [5, 5.41) is 14.7. The molecular formula is C13H12ClNO2S. The highest BCUT2D eigenvalue weighted by Crippen LogP contribution is 2.23. The largest absolute Gasteiger partial charge is 0.478 e. The smallest absolute Gasteiger partial charge is 0.337 e. The Balaban J connectivity index is 2.20. The van der Waals surface area contributed by atoms with Gasteiger partial charge in [0.1, 0.15) is 0 Å². The molecule has 0 aliphatic carbocycles. The maximum Gasteiger partial charge on any atom is 0.337 e. The van der Waals surface area contributed by atoms with Crippen molar-refractivity contribution in [3.8, 4) is 0 Å². The highest BCUT2D eigenvalue weighted by atomic mass is 35.5. The summed E-state index contributed by atoms with van der Waals surface area (Å²) in [5.74, 6) is -0.961. The Morgan fingerprint density at radius 2 is 2.22 bits per heavy atom. The van der Waals surface area contributed by atoms with Gasteiger partial charge in [0.05, 0.1) is 11.3 Å². The van der Waals surface area contributed by atoms with Gasteiger partial charge in [0.25, 0.3) is 0 Å². The Kier molecular flexibility index (Phi) is 3.89. The predicted molar refractivity (Wildman–Crippen MR) is 74.8 cm³/mol. The molecule has 0 radical (unpaired) electrons. The van der Waals surface area contributed by atoms with Gasteiger partial charge in [-0.3, -0.25) is 0 Å². The summed E-state index contributed by atoms with van der Waals surface area (Å²) in [5.41, 5.74) is 1.97. The Bertz CT molecular complexity index is 580. The average molecular weight is 282 g/mol. The molecule has 0 unspecified atom stereocenters. The molecule has 18 heavy (non-hydrogen) atoms. The predicted octanol–water partition coefficient (Wildman–Crippen LogP) is 4.02. The maximum absolute atomic E-state index is 11.1. The van der Waals surface area contributed by atoms with Crippen LogP contribution in [-0.2, 0) is 6.54 Å². The number of hydrogen-bond acceptors (Lipinski definition) is 3. The standard InChI is InChI=1S/C13H12ClNO2S/c1-8-4-5-18-12(8)7-15-11-6-9(14)2-3-10(11)13(16)17/h2-6,15H,7H2,1H3,(H,16,17). The highest BCUT2D eigenvalue weighted by Gasteiger charge is 2.10. The zero-order valence-corrected chi connectivity index (χ0v) is 11.3. The first-order valence-corrected chi connectivity index (χ1v) is 6.63. The third-order valence-electron chi connectivity index (χ3n) is 2.62. The van der Waals surface area contributed by atoms with Crippen molar-refractivity contribution in [2.24, 2.45) is 0 Å². The van der Waals surface area contributed by atoms with Crippen LogP contribution in [0.5, 0.6) is 0 Å². The number of halogens is 1. The molecule has 1 heterocycles. The Morgan fingerprint density at radius 1 is 1.44 bits per heavy atom. The molecule has 0 saturated carbocycles. The maximum atomic E-state index is 11.1. The lowest BCUT2D eigenvalue weighted by Gasteiger charge is -2.09. The monoisotopic (exact) mass is 281 g/mol. The summed E-state index contributed by atoms with van der Waals surface area (Å²) < 4.78 is 0. The number of hydrogen-bond donors (Lipinski definition) is 2. The van der Waals surface area contributed by atoms with Gasteiger partial charge >= 0.3 is 5.97 Å². The van der Waals surface area contributed by atoms with E-state index >= 15 is 0 Å². The van der Waals surface area contributed by atoms with Gasteiger partial charge < -0.3 is 10.4 Å². The fourth-order valence-electron chi connectivity index (χ4n) is 1.61. The number of nitrogens with one attached hydrogen (secondary N) is 1. The van der Waals surface area contributed by atoms with Gasteiger partial charge in [-0.05, 0) is 42.1 Å². The SMILES string of the molecule is Cc1ccsc1CNc1cc(Cl)ccc1C(=O)O. The number of carboxylic acids is 1. The van der Waals surface area contributed by atoms with Gasteiger partial charge in [-0.2, -0.15) is 0 Å². The molecule has 0 aliphatic rings. The van der Waals surface area contributed by atoms with Crippen molar-refractivity contribution in [1.82, 2.24) is 0 Å². The lowest BCUT2D eigenvalue weighted by Crippen LogP contribution is -2.06.